The number of thioether (sulfide) groups is 1. The fourth-order valence-electron chi connectivity index (χ4n) is 4.21. The average Bonchev–Trinajstić information content (AvgIpc) is 3.14. The first kappa shape index (κ1) is 24.0. The minimum Gasteiger partial charge on any atom is -0.481 e. The van der Waals surface area contributed by atoms with E-state index in [1.807, 2.05) is 19.1 Å². The number of fused-ring (bicyclic) bond motifs is 1. The molecule has 10 heteroatoms. The molecule has 3 unspecified atom stereocenters. The number of aryl methyl sites for hydroxylation is 1. The van der Waals surface area contributed by atoms with Crippen LogP contribution in [-0.2, 0) is 16.7 Å². The summed E-state index contributed by atoms with van der Waals surface area (Å²) >= 11 is 3.13. The molecule has 2 heterocycles. The number of hydrogen-bond acceptors (Lipinski definition) is 6. The van der Waals surface area contributed by atoms with Crippen LogP contribution in [0.2, 0.25) is 0 Å². The number of piperidine rings is 1. The Morgan fingerprint density at radius 2 is 2.03 bits per heavy atom. The maximum absolute atomic E-state index is 12.8. The van der Waals surface area contributed by atoms with Crippen molar-refractivity contribution in [3.63, 3.8) is 0 Å². The highest BCUT2D eigenvalue weighted by molar-refractivity contribution is 8.02. The molecular formula is C23H23F3N2O3S2. The summed E-state index contributed by atoms with van der Waals surface area (Å²) in [5.74, 6) is -0.111. The number of thiazole rings is 1. The van der Waals surface area contributed by atoms with E-state index < -0.39 is 23.8 Å². The quantitative estimate of drug-likeness (QED) is 0.511. The van der Waals surface area contributed by atoms with E-state index in [0.29, 0.717) is 22.9 Å². The molecule has 2 aromatic rings. The van der Waals surface area contributed by atoms with E-state index in [1.165, 1.54) is 23.5 Å². The van der Waals surface area contributed by atoms with Gasteiger partial charge >= 0.3 is 12.1 Å². The van der Waals surface area contributed by atoms with Gasteiger partial charge in [-0.25, -0.2) is 4.98 Å². The maximum Gasteiger partial charge on any atom is 0.416 e. The second-order valence-electron chi connectivity index (χ2n) is 8.18. The first-order valence-electron chi connectivity index (χ1n) is 10.5. The van der Waals surface area contributed by atoms with Crippen molar-refractivity contribution in [3.05, 3.63) is 63.5 Å². The molecule has 1 aromatic carbocycles. The highest BCUT2D eigenvalue weighted by Crippen LogP contribution is 2.40. The predicted octanol–water partition coefficient (Wildman–Crippen LogP) is 5.99. The number of allylic oxidation sites excluding steroid dienone is 2. The van der Waals surface area contributed by atoms with Crippen LogP contribution in [0.3, 0.4) is 0 Å². The fourth-order valence-corrected chi connectivity index (χ4v) is 6.44. The van der Waals surface area contributed by atoms with Crippen LogP contribution in [0.1, 0.15) is 29.0 Å². The molecule has 176 valence electrons. The van der Waals surface area contributed by atoms with Crippen LogP contribution in [0.25, 0.3) is 10.6 Å². The molecular weight excluding hydrogens is 473 g/mol. The molecule has 0 bridgehead atoms. The number of carboxylic acids is 1. The number of rotatable bonds is 6. The van der Waals surface area contributed by atoms with Gasteiger partial charge in [-0.15, -0.1) is 23.1 Å². The number of hydrogen-bond donors (Lipinski definition) is 2. The van der Waals surface area contributed by atoms with Crippen LogP contribution in [0.4, 0.5) is 13.2 Å². The van der Waals surface area contributed by atoms with E-state index in [1.54, 1.807) is 11.8 Å². The van der Waals surface area contributed by atoms with Crippen molar-refractivity contribution in [3.8, 4) is 10.6 Å². The summed E-state index contributed by atoms with van der Waals surface area (Å²) in [6.07, 6.45) is 2.42. The summed E-state index contributed by atoms with van der Waals surface area (Å²) < 4.78 is 38.4. The Balaban J connectivity index is 1.42. The first-order chi connectivity index (χ1) is 15.6. The van der Waals surface area contributed by atoms with Gasteiger partial charge in [0.25, 0.3) is 0 Å². The van der Waals surface area contributed by atoms with Crippen molar-refractivity contribution in [2.24, 2.45) is 11.8 Å². The molecule has 1 fully saturated rings. The minimum absolute atomic E-state index is 0.0411. The maximum atomic E-state index is 12.8. The molecule has 4 rings (SSSR count). The van der Waals surface area contributed by atoms with Gasteiger partial charge in [0.15, 0.2) is 0 Å². The van der Waals surface area contributed by atoms with Crippen LogP contribution in [0.15, 0.2) is 47.4 Å². The highest BCUT2D eigenvalue weighted by Gasteiger charge is 2.38. The van der Waals surface area contributed by atoms with Crippen LogP contribution in [0.5, 0.6) is 0 Å². The molecule has 1 saturated heterocycles. The summed E-state index contributed by atoms with van der Waals surface area (Å²) in [6, 6.07) is 4.61. The van der Waals surface area contributed by atoms with Gasteiger partial charge in [0.2, 0.25) is 0 Å². The third kappa shape index (κ3) is 5.51. The Hall–Kier alpha value is -2.14. The number of carboxylic acid groups (broad SMARTS) is 1. The van der Waals surface area contributed by atoms with Crippen molar-refractivity contribution in [1.29, 1.82) is 0 Å². The predicted molar refractivity (Wildman–Crippen MR) is 122 cm³/mol. The number of aliphatic carboxylic acids is 1. The molecule has 1 aliphatic heterocycles. The van der Waals surface area contributed by atoms with Crippen LogP contribution >= 0.6 is 23.1 Å². The highest BCUT2D eigenvalue weighted by atomic mass is 32.2. The van der Waals surface area contributed by atoms with Crippen molar-refractivity contribution in [2.45, 2.75) is 37.7 Å². The standard InChI is InChI=1S/C23H23F3N2O3S2/c1-13-20(33-22(27-13)14-2-4-16(5-3-14)23(24,25)26)12-32-17-6-7-18-15(10-17)8-9-28(31)19(18)11-21(29)30/h2-7,10,15,18-19,31H,8-9,11-12H2,1H3,(H,29,30). The minimum atomic E-state index is -4.36. The SMILES string of the molecule is Cc1nc(-c2ccc(C(F)(F)F)cc2)sc1CSC1=CC2CCN(O)C(CC(=O)O)C2C=C1. The lowest BCUT2D eigenvalue weighted by molar-refractivity contribution is -0.171. The van der Waals surface area contributed by atoms with Crippen molar-refractivity contribution >= 4 is 29.1 Å². The summed E-state index contributed by atoms with van der Waals surface area (Å²) in [6.45, 7) is 2.33. The van der Waals surface area contributed by atoms with Gasteiger partial charge in [-0.1, -0.05) is 30.4 Å². The molecule has 1 aromatic heterocycles. The molecule has 2 N–H and O–H groups in total. The Morgan fingerprint density at radius 3 is 2.70 bits per heavy atom. The van der Waals surface area contributed by atoms with Gasteiger partial charge in [-0.3, -0.25) is 4.79 Å². The summed E-state index contributed by atoms with van der Waals surface area (Å²) in [5, 5.41) is 21.1. The lowest BCUT2D eigenvalue weighted by atomic mass is 9.77. The van der Waals surface area contributed by atoms with E-state index >= 15 is 0 Å². The summed E-state index contributed by atoms with van der Waals surface area (Å²) in [5.41, 5.74) is 0.838. The molecule has 33 heavy (non-hydrogen) atoms. The molecule has 1 aliphatic carbocycles. The number of hydroxylamine groups is 2. The van der Waals surface area contributed by atoms with Gasteiger partial charge < -0.3 is 10.3 Å². The number of halogens is 3. The Kier molecular flexibility index (Phi) is 6.99. The first-order valence-corrected chi connectivity index (χ1v) is 12.3. The van der Waals surface area contributed by atoms with Crippen LogP contribution in [0, 0.1) is 18.8 Å². The number of alkyl halides is 3. The molecule has 0 radical (unpaired) electrons. The van der Waals surface area contributed by atoms with Crippen LogP contribution in [-0.4, -0.2) is 38.9 Å². The Labute approximate surface area is 197 Å². The Bertz CT molecular complexity index is 1080. The largest absolute Gasteiger partial charge is 0.481 e. The molecule has 0 saturated carbocycles. The zero-order valence-electron chi connectivity index (χ0n) is 17.7. The zero-order chi connectivity index (χ0) is 23.8. The normalized spacial score (nSPS) is 23.3. The molecule has 0 amide bonds. The van der Waals surface area contributed by atoms with Crippen molar-refractivity contribution in [1.82, 2.24) is 10.0 Å². The van der Waals surface area contributed by atoms with E-state index in [-0.39, 0.29) is 18.3 Å². The number of aromatic nitrogens is 1. The van der Waals surface area contributed by atoms with Crippen molar-refractivity contribution < 1.29 is 28.3 Å². The van der Waals surface area contributed by atoms with E-state index in [2.05, 4.69) is 11.1 Å². The fraction of sp³-hybridized carbons (Fsp3) is 0.391. The summed E-state index contributed by atoms with van der Waals surface area (Å²) in [4.78, 5) is 17.9. The number of carbonyl (C=O) groups is 1. The monoisotopic (exact) mass is 496 g/mol. The molecule has 3 atom stereocenters. The lowest BCUT2D eigenvalue weighted by Gasteiger charge is -2.41. The smallest absolute Gasteiger partial charge is 0.416 e. The summed E-state index contributed by atoms with van der Waals surface area (Å²) in [7, 11) is 0. The van der Waals surface area contributed by atoms with E-state index in [4.69, 9.17) is 5.11 Å². The molecule has 2 aliphatic rings. The van der Waals surface area contributed by atoms with Gasteiger partial charge in [-0.2, -0.15) is 18.2 Å². The average molecular weight is 497 g/mol. The van der Waals surface area contributed by atoms with Gasteiger partial charge in [-0.05, 0) is 31.4 Å². The van der Waals surface area contributed by atoms with E-state index in [0.717, 1.165) is 39.1 Å². The second kappa shape index (κ2) is 9.61. The van der Waals surface area contributed by atoms with Gasteiger partial charge in [0, 0.05) is 33.6 Å². The lowest BCUT2D eigenvalue weighted by Crippen LogP contribution is -2.47. The second-order valence-corrected chi connectivity index (χ2v) is 10.3. The number of nitrogens with zero attached hydrogens (tertiary/aromatic N) is 2. The molecule has 0 spiro atoms. The van der Waals surface area contributed by atoms with Crippen LogP contribution < -0.4 is 0 Å². The van der Waals surface area contributed by atoms with Gasteiger partial charge in [0.05, 0.1) is 23.7 Å². The topological polar surface area (TPSA) is 73.7 Å². The van der Waals surface area contributed by atoms with Crippen molar-refractivity contribution in [2.75, 3.05) is 6.54 Å². The van der Waals surface area contributed by atoms with E-state index in [9.17, 15) is 23.2 Å². The third-order valence-electron chi connectivity index (χ3n) is 5.98. The molecule has 5 nitrogen and oxygen atoms in total. The Morgan fingerprint density at radius 1 is 1.30 bits per heavy atom. The zero-order valence-corrected chi connectivity index (χ0v) is 19.4. The third-order valence-corrected chi connectivity index (χ3v) is 8.41. The van der Waals surface area contributed by atoms with Gasteiger partial charge in [0.1, 0.15) is 5.01 Å². The number of benzene rings is 1.